The first kappa shape index (κ1) is 16.5. The molecule has 0 aromatic heterocycles. The lowest BCUT2D eigenvalue weighted by Gasteiger charge is -2.18. The zero-order valence-electron chi connectivity index (χ0n) is 11.9. The Labute approximate surface area is 138 Å². The molecule has 0 aliphatic rings. The van der Waals surface area contributed by atoms with Crippen LogP contribution in [0, 0.1) is 11.7 Å². The molecule has 0 fully saturated rings. The van der Waals surface area contributed by atoms with Crippen molar-refractivity contribution < 1.29 is 4.39 Å². The lowest BCUT2D eigenvalue weighted by Crippen LogP contribution is -2.23. The molecule has 0 saturated heterocycles. The molecule has 2 rings (SSSR count). The van der Waals surface area contributed by atoms with E-state index in [1.807, 2.05) is 37.4 Å². The van der Waals surface area contributed by atoms with Crippen molar-refractivity contribution in [2.45, 2.75) is 12.8 Å². The fraction of sp³-hybridized carbons (Fsp3) is 0.294. The molecular formula is C17H18BrClFN. The van der Waals surface area contributed by atoms with E-state index in [1.54, 1.807) is 6.07 Å². The minimum atomic E-state index is -0.154. The van der Waals surface area contributed by atoms with Crippen LogP contribution in [0.4, 0.5) is 4.39 Å². The van der Waals surface area contributed by atoms with Crippen LogP contribution in [0.25, 0.3) is 0 Å². The van der Waals surface area contributed by atoms with Crippen LogP contribution in [0.15, 0.2) is 46.9 Å². The highest BCUT2D eigenvalue weighted by Crippen LogP contribution is 2.23. The number of rotatable bonds is 6. The predicted molar refractivity (Wildman–Crippen MR) is 90.4 cm³/mol. The largest absolute Gasteiger partial charge is 0.319 e. The summed E-state index contributed by atoms with van der Waals surface area (Å²) in [5, 5.41) is 3.96. The predicted octanol–water partition coefficient (Wildman–Crippen LogP) is 4.86. The van der Waals surface area contributed by atoms with E-state index >= 15 is 0 Å². The van der Waals surface area contributed by atoms with Crippen LogP contribution in [0.2, 0.25) is 5.02 Å². The highest BCUT2D eigenvalue weighted by Gasteiger charge is 2.14. The minimum Gasteiger partial charge on any atom is -0.319 e. The summed E-state index contributed by atoms with van der Waals surface area (Å²) in [5.74, 6) is 0.136. The van der Waals surface area contributed by atoms with Crippen molar-refractivity contribution in [2.75, 3.05) is 13.6 Å². The molecule has 0 aliphatic carbocycles. The Hall–Kier alpha value is -0.900. The van der Waals surface area contributed by atoms with Crippen molar-refractivity contribution in [3.8, 4) is 0 Å². The molecule has 1 atom stereocenters. The maximum absolute atomic E-state index is 13.9. The lowest BCUT2D eigenvalue weighted by atomic mass is 9.92. The molecule has 0 saturated carbocycles. The topological polar surface area (TPSA) is 12.0 Å². The Balaban J connectivity index is 2.16. The summed E-state index contributed by atoms with van der Waals surface area (Å²) in [5.41, 5.74) is 1.84. The number of hydrogen-bond donors (Lipinski definition) is 1. The van der Waals surface area contributed by atoms with Gasteiger partial charge in [-0.15, -0.1) is 0 Å². The molecule has 1 nitrogen and oxygen atoms in total. The number of halogens is 3. The molecule has 0 radical (unpaired) electrons. The van der Waals surface area contributed by atoms with Crippen molar-refractivity contribution in [1.82, 2.24) is 5.32 Å². The van der Waals surface area contributed by atoms with Crippen molar-refractivity contribution >= 4 is 27.5 Å². The van der Waals surface area contributed by atoms with Gasteiger partial charge in [-0.2, -0.15) is 0 Å². The fourth-order valence-corrected chi connectivity index (χ4v) is 3.11. The van der Waals surface area contributed by atoms with Crippen LogP contribution in [0.3, 0.4) is 0 Å². The molecule has 2 aromatic carbocycles. The van der Waals surface area contributed by atoms with Crippen LogP contribution >= 0.6 is 27.5 Å². The van der Waals surface area contributed by atoms with Gasteiger partial charge < -0.3 is 5.32 Å². The zero-order valence-corrected chi connectivity index (χ0v) is 14.2. The van der Waals surface area contributed by atoms with Gasteiger partial charge in [0.15, 0.2) is 0 Å². The highest BCUT2D eigenvalue weighted by atomic mass is 79.9. The van der Waals surface area contributed by atoms with E-state index in [-0.39, 0.29) is 5.82 Å². The summed E-state index contributed by atoms with van der Waals surface area (Å²) < 4.78 is 14.8. The number of nitrogens with one attached hydrogen (secondary N) is 1. The Morgan fingerprint density at radius 2 is 1.86 bits per heavy atom. The molecule has 112 valence electrons. The van der Waals surface area contributed by atoms with E-state index in [1.165, 1.54) is 6.07 Å². The number of hydrogen-bond acceptors (Lipinski definition) is 1. The summed E-state index contributed by atoms with van der Waals surface area (Å²) in [6.45, 7) is 0.817. The third-order valence-electron chi connectivity index (χ3n) is 3.48. The molecule has 0 heterocycles. The molecule has 4 heteroatoms. The summed E-state index contributed by atoms with van der Waals surface area (Å²) in [6, 6.07) is 12.9. The van der Waals surface area contributed by atoms with E-state index in [0.717, 1.165) is 33.6 Å². The van der Waals surface area contributed by atoms with Crippen LogP contribution in [-0.4, -0.2) is 13.6 Å². The van der Waals surface area contributed by atoms with Gasteiger partial charge in [0.1, 0.15) is 5.82 Å². The van der Waals surface area contributed by atoms with Gasteiger partial charge in [0.25, 0.3) is 0 Å². The fourth-order valence-electron chi connectivity index (χ4n) is 2.49. The van der Waals surface area contributed by atoms with Crippen molar-refractivity contribution in [3.63, 3.8) is 0 Å². The molecule has 1 unspecified atom stereocenters. The third-order valence-corrected chi connectivity index (χ3v) is 4.34. The Bertz CT molecular complexity index is 603. The second-order valence-electron chi connectivity index (χ2n) is 5.16. The quantitative estimate of drug-likeness (QED) is 0.765. The zero-order chi connectivity index (χ0) is 15.2. The van der Waals surface area contributed by atoms with Gasteiger partial charge in [-0.05, 0) is 67.7 Å². The summed E-state index contributed by atoms with van der Waals surface area (Å²) in [7, 11) is 1.91. The maximum Gasteiger partial charge on any atom is 0.126 e. The maximum atomic E-state index is 13.9. The Morgan fingerprint density at radius 3 is 2.57 bits per heavy atom. The van der Waals surface area contributed by atoms with Gasteiger partial charge in [0.05, 0.1) is 0 Å². The van der Waals surface area contributed by atoms with E-state index in [0.29, 0.717) is 12.3 Å². The summed E-state index contributed by atoms with van der Waals surface area (Å²) in [4.78, 5) is 0. The highest BCUT2D eigenvalue weighted by molar-refractivity contribution is 9.10. The molecule has 2 aromatic rings. The Kier molecular flexibility index (Phi) is 6.22. The molecule has 1 N–H and O–H groups in total. The first-order valence-electron chi connectivity index (χ1n) is 6.92. The first-order valence-corrected chi connectivity index (χ1v) is 8.09. The van der Waals surface area contributed by atoms with Crippen LogP contribution < -0.4 is 5.32 Å². The van der Waals surface area contributed by atoms with Crippen molar-refractivity contribution in [2.24, 2.45) is 5.92 Å². The van der Waals surface area contributed by atoms with E-state index < -0.39 is 0 Å². The summed E-state index contributed by atoms with van der Waals surface area (Å²) >= 11 is 9.63. The number of benzene rings is 2. The molecular weight excluding hydrogens is 353 g/mol. The second-order valence-corrected chi connectivity index (χ2v) is 6.48. The molecule has 0 spiro atoms. The van der Waals surface area contributed by atoms with Crippen LogP contribution in [0.5, 0.6) is 0 Å². The lowest BCUT2D eigenvalue weighted by molar-refractivity contribution is 0.480. The van der Waals surface area contributed by atoms with Gasteiger partial charge in [-0.25, -0.2) is 4.39 Å². The van der Waals surface area contributed by atoms with Crippen LogP contribution in [-0.2, 0) is 12.8 Å². The van der Waals surface area contributed by atoms with Gasteiger partial charge >= 0.3 is 0 Å². The third kappa shape index (κ3) is 4.80. The molecule has 21 heavy (non-hydrogen) atoms. The first-order chi connectivity index (χ1) is 10.1. The summed E-state index contributed by atoms with van der Waals surface area (Å²) in [6.07, 6.45) is 1.50. The van der Waals surface area contributed by atoms with E-state index in [9.17, 15) is 4.39 Å². The monoisotopic (exact) mass is 369 g/mol. The van der Waals surface area contributed by atoms with Gasteiger partial charge in [0.2, 0.25) is 0 Å². The van der Waals surface area contributed by atoms with Crippen LogP contribution in [0.1, 0.15) is 11.1 Å². The van der Waals surface area contributed by atoms with E-state index in [2.05, 4.69) is 21.2 Å². The average Bonchev–Trinajstić information content (AvgIpc) is 2.45. The SMILES string of the molecule is CNCC(Cc1cc(Br)ccc1F)Cc1ccccc1Cl. The normalized spacial score (nSPS) is 12.4. The average molecular weight is 371 g/mol. The Morgan fingerprint density at radius 1 is 1.14 bits per heavy atom. The second kappa shape index (κ2) is 7.92. The van der Waals surface area contributed by atoms with Gasteiger partial charge in [-0.3, -0.25) is 0 Å². The molecule has 0 aliphatic heterocycles. The smallest absolute Gasteiger partial charge is 0.126 e. The standard InChI is InChI=1S/C17H18BrClFN/c1-21-11-12(8-13-4-2-3-5-16(13)19)9-14-10-15(18)6-7-17(14)20/h2-7,10,12,21H,8-9,11H2,1H3. The van der Waals surface area contributed by atoms with Gasteiger partial charge in [0, 0.05) is 9.50 Å². The molecule has 0 amide bonds. The minimum absolute atomic E-state index is 0.154. The molecule has 0 bridgehead atoms. The van der Waals surface area contributed by atoms with E-state index in [4.69, 9.17) is 11.6 Å². The van der Waals surface area contributed by atoms with Gasteiger partial charge in [-0.1, -0.05) is 45.7 Å². The van der Waals surface area contributed by atoms with Crippen molar-refractivity contribution in [3.05, 3.63) is 68.9 Å². The van der Waals surface area contributed by atoms with Crippen molar-refractivity contribution in [1.29, 1.82) is 0 Å².